The Bertz CT molecular complexity index is 760. The van der Waals surface area contributed by atoms with E-state index in [0.29, 0.717) is 38.2 Å². The van der Waals surface area contributed by atoms with Crippen molar-refractivity contribution in [2.75, 3.05) is 31.9 Å². The van der Waals surface area contributed by atoms with Crippen LogP contribution in [0.3, 0.4) is 0 Å². The van der Waals surface area contributed by atoms with Crippen LogP contribution in [0.5, 0.6) is 0 Å². The van der Waals surface area contributed by atoms with Crippen molar-refractivity contribution in [3.63, 3.8) is 0 Å². The summed E-state index contributed by atoms with van der Waals surface area (Å²) in [5, 5.41) is 14.8. The summed E-state index contributed by atoms with van der Waals surface area (Å²) >= 11 is 0. The van der Waals surface area contributed by atoms with Gasteiger partial charge in [-0.3, -0.25) is 4.79 Å². The van der Waals surface area contributed by atoms with Crippen LogP contribution in [0.2, 0.25) is 0 Å². The summed E-state index contributed by atoms with van der Waals surface area (Å²) in [6, 6.07) is 5.38. The standard InChI is InChI=1S/C14H19FN2O3S.C2H2O4/c1-2-11-21(19,20)17-9-7-16(8-10-17)14(18)12-3-5-13(15)6-4-12;3-1(4)2(5)6/h3-6H,2,7-11H2,1H3;(H,3,4)(H,5,6). The SMILES string of the molecule is CCCS(=O)(=O)N1CCN(C(=O)c2ccc(F)cc2)CC1.O=C(O)C(=O)O. The summed E-state index contributed by atoms with van der Waals surface area (Å²) in [7, 11) is -3.21. The molecular formula is C16H21FN2O7S. The van der Waals surface area contributed by atoms with Gasteiger partial charge in [-0.25, -0.2) is 22.4 Å². The maximum Gasteiger partial charge on any atom is 0.414 e. The largest absolute Gasteiger partial charge is 0.473 e. The maximum atomic E-state index is 12.8. The van der Waals surface area contributed by atoms with Gasteiger partial charge in [0, 0.05) is 31.7 Å². The van der Waals surface area contributed by atoms with E-state index >= 15 is 0 Å². The van der Waals surface area contributed by atoms with Crippen LogP contribution in [0.15, 0.2) is 24.3 Å². The van der Waals surface area contributed by atoms with E-state index in [9.17, 15) is 17.6 Å². The molecule has 1 fully saturated rings. The van der Waals surface area contributed by atoms with Crippen LogP contribution in [0, 0.1) is 5.82 Å². The summed E-state index contributed by atoms with van der Waals surface area (Å²) in [6.07, 6.45) is 0.580. The average Bonchev–Trinajstić information content (AvgIpc) is 2.62. The predicted molar refractivity (Wildman–Crippen MR) is 93.2 cm³/mol. The van der Waals surface area contributed by atoms with Crippen molar-refractivity contribution < 1.29 is 37.4 Å². The third kappa shape index (κ3) is 6.94. The smallest absolute Gasteiger partial charge is 0.414 e. The number of carbonyl (C=O) groups is 3. The Balaban J connectivity index is 0.000000527. The summed E-state index contributed by atoms with van der Waals surface area (Å²) in [5.41, 5.74) is 0.418. The van der Waals surface area contributed by atoms with Gasteiger partial charge in [0.25, 0.3) is 5.91 Å². The molecule has 150 valence electrons. The molecule has 9 nitrogen and oxygen atoms in total. The van der Waals surface area contributed by atoms with Crippen molar-refractivity contribution in [1.29, 1.82) is 0 Å². The average molecular weight is 404 g/mol. The number of aliphatic carboxylic acids is 2. The van der Waals surface area contributed by atoms with Crippen LogP contribution in [0.4, 0.5) is 4.39 Å². The molecule has 2 N–H and O–H groups in total. The Labute approximate surface area is 156 Å². The molecule has 0 aliphatic carbocycles. The lowest BCUT2D eigenvalue weighted by Gasteiger charge is -2.34. The van der Waals surface area contributed by atoms with Crippen LogP contribution in [0.25, 0.3) is 0 Å². The Hall–Kier alpha value is -2.53. The molecule has 1 heterocycles. The molecular weight excluding hydrogens is 383 g/mol. The first-order valence-electron chi connectivity index (χ1n) is 8.07. The Kier molecular flexibility index (Phi) is 8.32. The lowest BCUT2D eigenvalue weighted by molar-refractivity contribution is -0.159. The molecule has 27 heavy (non-hydrogen) atoms. The van der Waals surface area contributed by atoms with E-state index in [2.05, 4.69) is 0 Å². The number of sulfonamides is 1. The number of carboxylic acids is 2. The molecule has 1 aromatic rings. The zero-order chi connectivity index (χ0) is 20.6. The molecule has 1 aliphatic rings. The molecule has 0 saturated carbocycles. The van der Waals surface area contributed by atoms with Gasteiger partial charge in [0.15, 0.2) is 0 Å². The van der Waals surface area contributed by atoms with Crippen molar-refractivity contribution in [3.8, 4) is 0 Å². The predicted octanol–water partition coefficient (Wildman–Crippen LogP) is 0.479. The minimum Gasteiger partial charge on any atom is -0.473 e. The van der Waals surface area contributed by atoms with E-state index in [1.54, 1.807) is 4.90 Å². The number of carboxylic acid groups (broad SMARTS) is 2. The molecule has 1 aliphatic heterocycles. The highest BCUT2D eigenvalue weighted by Gasteiger charge is 2.28. The van der Waals surface area contributed by atoms with Gasteiger partial charge in [-0.2, -0.15) is 4.31 Å². The third-order valence-corrected chi connectivity index (χ3v) is 5.73. The Morgan fingerprint density at radius 1 is 1.00 bits per heavy atom. The van der Waals surface area contributed by atoms with Crippen molar-refractivity contribution in [2.24, 2.45) is 0 Å². The summed E-state index contributed by atoms with van der Waals surface area (Å²) in [5.74, 6) is -4.09. The van der Waals surface area contributed by atoms with E-state index in [-0.39, 0.29) is 17.5 Å². The van der Waals surface area contributed by atoms with Crippen LogP contribution in [-0.4, -0.2) is 77.6 Å². The Morgan fingerprint density at radius 3 is 1.89 bits per heavy atom. The normalized spacial score (nSPS) is 14.8. The number of rotatable bonds is 4. The molecule has 2 rings (SSSR count). The highest BCUT2D eigenvalue weighted by atomic mass is 32.2. The lowest BCUT2D eigenvalue weighted by atomic mass is 10.2. The number of hydrogen-bond donors (Lipinski definition) is 2. The van der Waals surface area contributed by atoms with E-state index in [1.807, 2.05) is 6.92 Å². The molecule has 0 atom stereocenters. The molecule has 11 heteroatoms. The molecule has 1 amide bonds. The molecule has 0 radical (unpaired) electrons. The molecule has 1 aromatic carbocycles. The molecule has 0 spiro atoms. The minimum atomic E-state index is -3.21. The van der Waals surface area contributed by atoms with E-state index in [0.717, 1.165) is 0 Å². The van der Waals surface area contributed by atoms with Crippen molar-refractivity contribution in [3.05, 3.63) is 35.6 Å². The highest BCUT2D eigenvalue weighted by molar-refractivity contribution is 7.89. The highest BCUT2D eigenvalue weighted by Crippen LogP contribution is 2.13. The van der Waals surface area contributed by atoms with Crippen LogP contribution in [-0.2, 0) is 19.6 Å². The van der Waals surface area contributed by atoms with E-state index in [4.69, 9.17) is 19.8 Å². The van der Waals surface area contributed by atoms with Crippen molar-refractivity contribution >= 4 is 27.9 Å². The number of nitrogens with zero attached hydrogens (tertiary/aromatic N) is 2. The quantitative estimate of drug-likeness (QED) is 0.698. The van der Waals surface area contributed by atoms with Gasteiger partial charge in [0.2, 0.25) is 10.0 Å². The van der Waals surface area contributed by atoms with Crippen molar-refractivity contribution in [2.45, 2.75) is 13.3 Å². The second-order valence-electron chi connectivity index (χ2n) is 5.62. The van der Waals surface area contributed by atoms with Crippen molar-refractivity contribution in [1.82, 2.24) is 9.21 Å². The van der Waals surface area contributed by atoms with Crippen LogP contribution >= 0.6 is 0 Å². The number of carbonyl (C=O) groups excluding carboxylic acids is 1. The summed E-state index contributed by atoms with van der Waals surface area (Å²) in [4.78, 5) is 32.0. The first kappa shape index (κ1) is 22.5. The van der Waals surface area contributed by atoms with Gasteiger partial charge in [0.05, 0.1) is 5.75 Å². The number of amides is 1. The minimum absolute atomic E-state index is 0.138. The zero-order valence-electron chi connectivity index (χ0n) is 14.7. The van der Waals surface area contributed by atoms with Gasteiger partial charge >= 0.3 is 11.9 Å². The fourth-order valence-corrected chi connectivity index (χ4v) is 3.83. The first-order valence-corrected chi connectivity index (χ1v) is 9.68. The maximum absolute atomic E-state index is 12.8. The second-order valence-corrected chi connectivity index (χ2v) is 7.71. The van der Waals surface area contributed by atoms with Gasteiger partial charge < -0.3 is 15.1 Å². The first-order chi connectivity index (χ1) is 12.6. The van der Waals surface area contributed by atoms with Gasteiger partial charge in [-0.1, -0.05) is 6.92 Å². The zero-order valence-corrected chi connectivity index (χ0v) is 15.5. The number of benzene rings is 1. The molecule has 0 bridgehead atoms. The molecule has 1 saturated heterocycles. The molecule has 0 aromatic heterocycles. The summed E-state index contributed by atoms with van der Waals surface area (Å²) in [6.45, 7) is 3.18. The number of hydrogen-bond acceptors (Lipinski definition) is 5. The lowest BCUT2D eigenvalue weighted by Crippen LogP contribution is -2.51. The van der Waals surface area contributed by atoms with Gasteiger partial charge in [-0.05, 0) is 30.7 Å². The van der Waals surface area contributed by atoms with Crippen LogP contribution < -0.4 is 0 Å². The fourth-order valence-electron chi connectivity index (χ4n) is 2.33. The topological polar surface area (TPSA) is 132 Å². The van der Waals surface area contributed by atoms with Gasteiger partial charge in [0.1, 0.15) is 5.82 Å². The second kappa shape index (κ2) is 9.97. The van der Waals surface area contributed by atoms with Crippen LogP contribution in [0.1, 0.15) is 23.7 Å². The van der Waals surface area contributed by atoms with E-state index in [1.165, 1.54) is 28.6 Å². The fraction of sp³-hybridized carbons (Fsp3) is 0.438. The molecule has 0 unspecified atom stereocenters. The monoisotopic (exact) mass is 404 g/mol. The third-order valence-electron chi connectivity index (χ3n) is 3.66. The van der Waals surface area contributed by atoms with E-state index < -0.39 is 22.0 Å². The number of piperazine rings is 1. The number of halogens is 1. The van der Waals surface area contributed by atoms with Gasteiger partial charge in [-0.15, -0.1) is 0 Å². The summed E-state index contributed by atoms with van der Waals surface area (Å²) < 4.78 is 38.2. The Morgan fingerprint density at radius 2 is 1.48 bits per heavy atom.